The number of aryl methyl sites for hydroxylation is 1. The zero-order valence-electron chi connectivity index (χ0n) is 15.4. The van der Waals surface area contributed by atoms with E-state index in [1.807, 2.05) is 19.1 Å². The van der Waals surface area contributed by atoms with Gasteiger partial charge in [-0.1, -0.05) is 60.2 Å². The molecule has 1 aliphatic heterocycles. The van der Waals surface area contributed by atoms with Crippen LogP contribution in [0.1, 0.15) is 11.1 Å². The molecule has 4 nitrogen and oxygen atoms in total. The third-order valence-corrected chi connectivity index (χ3v) is 4.42. The van der Waals surface area contributed by atoms with Crippen LogP contribution in [0.5, 0.6) is 11.5 Å². The van der Waals surface area contributed by atoms with Crippen molar-refractivity contribution >= 4 is 11.7 Å². The molecular formula is C22H17F3N2O2. The first-order chi connectivity index (χ1) is 13.9. The van der Waals surface area contributed by atoms with Gasteiger partial charge in [0.05, 0.1) is 0 Å². The number of hydrogen-bond acceptors (Lipinski definition) is 4. The number of ether oxygens (including phenoxy) is 2. The van der Waals surface area contributed by atoms with Crippen molar-refractivity contribution in [3.8, 4) is 11.5 Å². The molecule has 0 aliphatic carbocycles. The zero-order valence-corrected chi connectivity index (χ0v) is 15.4. The smallest absolute Gasteiger partial charge is 0.449 e. The number of nitrogens with one attached hydrogen (secondary N) is 1. The van der Waals surface area contributed by atoms with Gasteiger partial charge in [-0.05, 0) is 31.2 Å². The van der Waals surface area contributed by atoms with Crippen molar-refractivity contribution in [1.29, 1.82) is 0 Å². The molecule has 1 N–H and O–H groups in total. The van der Waals surface area contributed by atoms with Gasteiger partial charge in [0.2, 0.25) is 0 Å². The minimum absolute atomic E-state index is 0.0573. The number of nitrogens with zero attached hydrogens (tertiary/aromatic N) is 1. The first-order valence-corrected chi connectivity index (χ1v) is 8.89. The van der Waals surface area contributed by atoms with Crippen LogP contribution in [-0.2, 0) is 5.72 Å². The molecular weight excluding hydrogens is 381 g/mol. The van der Waals surface area contributed by atoms with Gasteiger partial charge in [-0.3, -0.25) is 0 Å². The Kier molecular flexibility index (Phi) is 4.66. The molecule has 3 aromatic rings. The van der Waals surface area contributed by atoms with E-state index in [4.69, 9.17) is 9.47 Å². The van der Waals surface area contributed by atoms with E-state index in [0.29, 0.717) is 5.69 Å². The number of hydrogen-bond donors (Lipinski definition) is 1. The Bertz CT molecular complexity index is 1030. The summed E-state index contributed by atoms with van der Waals surface area (Å²) >= 11 is 0. The largest absolute Gasteiger partial charge is 0.455 e. The summed E-state index contributed by atoms with van der Waals surface area (Å²) in [6, 6.07) is 20.3. The number of anilines is 1. The highest BCUT2D eigenvalue weighted by Gasteiger charge is 2.61. The molecule has 0 aromatic heterocycles. The fourth-order valence-electron chi connectivity index (χ4n) is 2.96. The number of para-hydroxylation sites is 2. The minimum Gasteiger partial charge on any atom is -0.449 e. The first-order valence-electron chi connectivity index (χ1n) is 8.89. The fraction of sp³-hybridized carbons (Fsp3) is 0.136. The standard InChI is InChI=1S/C22H17F3N2O2/c1-15-11-13-17(14-12-15)26-20-27-21(22(23,24)25,16-7-3-2-4-8-16)29-19-10-6-5-9-18(19)28-20/h2-14H,1H3,(H,26,27). The lowest BCUT2D eigenvalue weighted by Crippen LogP contribution is -2.46. The van der Waals surface area contributed by atoms with Crippen LogP contribution in [0, 0.1) is 6.92 Å². The van der Waals surface area contributed by atoms with Crippen molar-refractivity contribution in [2.75, 3.05) is 5.32 Å². The summed E-state index contributed by atoms with van der Waals surface area (Å²) in [6.45, 7) is 1.91. The van der Waals surface area contributed by atoms with E-state index < -0.39 is 11.9 Å². The molecule has 1 atom stereocenters. The molecule has 0 radical (unpaired) electrons. The number of halogens is 3. The second-order valence-electron chi connectivity index (χ2n) is 6.57. The number of amidine groups is 1. The van der Waals surface area contributed by atoms with Crippen LogP contribution in [0.2, 0.25) is 0 Å². The van der Waals surface area contributed by atoms with E-state index in [1.54, 1.807) is 30.3 Å². The van der Waals surface area contributed by atoms with Crippen LogP contribution < -0.4 is 14.8 Å². The van der Waals surface area contributed by atoms with Crippen molar-refractivity contribution < 1.29 is 22.6 Å². The molecule has 4 rings (SSSR count). The molecule has 0 fully saturated rings. The number of aliphatic imine (C=N–C) groups is 1. The van der Waals surface area contributed by atoms with Gasteiger partial charge in [0.25, 0.3) is 6.02 Å². The lowest BCUT2D eigenvalue weighted by Gasteiger charge is -2.31. The lowest BCUT2D eigenvalue weighted by molar-refractivity contribution is -0.251. The minimum atomic E-state index is -4.85. The van der Waals surface area contributed by atoms with Crippen molar-refractivity contribution in [1.82, 2.24) is 0 Å². The topological polar surface area (TPSA) is 42.9 Å². The van der Waals surface area contributed by atoms with Gasteiger partial charge in [0, 0.05) is 11.3 Å². The second kappa shape index (κ2) is 7.16. The van der Waals surface area contributed by atoms with Gasteiger partial charge in [0.15, 0.2) is 11.5 Å². The number of alkyl halides is 3. The lowest BCUT2D eigenvalue weighted by atomic mass is 10.0. The maximum atomic E-state index is 14.4. The Balaban J connectivity index is 1.88. The molecule has 29 heavy (non-hydrogen) atoms. The molecule has 1 heterocycles. The molecule has 7 heteroatoms. The summed E-state index contributed by atoms with van der Waals surface area (Å²) in [5.41, 5.74) is -1.57. The van der Waals surface area contributed by atoms with Crippen LogP contribution in [0.4, 0.5) is 18.9 Å². The van der Waals surface area contributed by atoms with Crippen LogP contribution in [0.25, 0.3) is 0 Å². The third kappa shape index (κ3) is 3.63. The second-order valence-corrected chi connectivity index (χ2v) is 6.57. The van der Waals surface area contributed by atoms with Crippen molar-refractivity contribution in [2.45, 2.75) is 18.8 Å². The first kappa shape index (κ1) is 18.9. The fourth-order valence-corrected chi connectivity index (χ4v) is 2.96. The Morgan fingerprint density at radius 1 is 0.828 bits per heavy atom. The Hall–Kier alpha value is -3.48. The summed E-state index contributed by atoms with van der Waals surface area (Å²) in [6.07, 6.45) is -4.85. The van der Waals surface area contributed by atoms with E-state index in [9.17, 15) is 13.2 Å². The maximum Gasteiger partial charge on any atom is 0.455 e. The third-order valence-electron chi connectivity index (χ3n) is 4.42. The SMILES string of the molecule is Cc1ccc(NC2=NC(c3ccccc3)(C(F)(F)F)Oc3ccccc3O2)cc1. The Morgan fingerprint density at radius 3 is 2.10 bits per heavy atom. The van der Waals surface area contributed by atoms with E-state index in [2.05, 4.69) is 10.3 Å². The van der Waals surface area contributed by atoms with Gasteiger partial charge in [0.1, 0.15) is 0 Å². The monoisotopic (exact) mass is 398 g/mol. The van der Waals surface area contributed by atoms with Gasteiger partial charge in [-0.25, -0.2) is 0 Å². The highest BCUT2D eigenvalue weighted by Crippen LogP contribution is 2.47. The number of fused-ring (bicyclic) bond motifs is 1. The van der Waals surface area contributed by atoms with Crippen molar-refractivity contribution in [3.05, 3.63) is 90.0 Å². The molecule has 1 unspecified atom stereocenters. The average Bonchev–Trinajstić information content (AvgIpc) is 2.87. The predicted molar refractivity (Wildman–Crippen MR) is 104 cm³/mol. The summed E-state index contributed by atoms with van der Waals surface area (Å²) in [5, 5.41) is 2.83. The number of rotatable bonds is 2. The normalized spacial score (nSPS) is 18.6. The van der Waals surface area contributed by atoms with Crippen LogP contribution in [0.15, 0.2) is 83.9 Å². The average molecular weight is 398 g/mol. The van der Waals surface area contributed by atoms with Gasteiger partial charge < -0.3 is 14.8 Å². The van der Waals surface area contributed by atoms with E-state index >= 15 is 0 Å². The van der Waals surface area contributed by atoms with E-state index in [-0.39, 0.29) is 23.1 Å². The van der Waals surface area contributed by atoms with E-state index in [1.165, 1.54) is 36.4 Å². The molecule has 0 saturated carbocycles. The van der Waals surface area contributed by atoms with Crippen LogP contribution in [0.3, 0.4) is 0 Å². The number of benzene rings is 3. The van der Waals surface area contributed by atoms with Crippen molar-refractivity contribution in [2.24, 2.45) is 4.99 Å². The van der Waals surface area contributed by atoms with Crippen molar-refractivity contribution in [3.63, 3.8) is 0 Å². The summed E-state index contributed by atoms with van der Waals surface area (Å²) in [4.78, 5) is 3.92. The quantitative estimate of drug-likeness (QED) is 0.607. The maximum absolute atomic E-state index is 14.4. The summed E-state index contributed by atoms with van der Waals surface area (Å²) in [7, 11) is 0. The molecule has 148 valence electrons. The van der Waals surface area contributed by atoms with Gasteiger partial charge >= 0.3 is 11.9 Å². The summed E-state index contributed by atoms with van der Waals surface area (Å²) in [5.74, 6) is 0.0750. The highest BCUT2D eigenvalue weighted by atomic mass is 19.4. The highest BCUT2D eigenvalue weighted by molar-refractivity contribution is 5.91. The molecule has 0 saturated heterocycles. The van der Waals surface area contributed by atoms with E-state index in [0.717, 1.165) is 5.56 Å². The molecule has 1 aliphatic rings. The Morgan fingerprint density at radius 2 is 1.45 bits per heavy atom. The van der Waals surface area contributed by atoms with Crippen LogP contribution in [-0.4, -0.2) is 12.2 Å². The zero-order chi connectivity index (χ0) is 20.5. The molecule has 0 spiro atoms. The van der Waals surface area contributed by atoms with Gasteiger partial charge in [-0.15, -0.1) is 0 Å². The summed E-state index contributed by atoms with van der Waals surface area (Å²) < 4.78 is 54.4. The molecule has 0 amide bonds. The van der Waals surface area contributed by atoms with Crippen LogP contribution >= 0.6 is 0 Å². The predicted octanol–water partition coefficient (Wildman–Crippen LogP) is 5.65. The Labute approximate surface area is 165 Å². The molecule has 0 bridgehead atoms. The van der Waals surface area contributed by atoms with Gasteiger partial charge in [-0.2, -0.15) is 18.2 Å². The molecule has 3 aromatic carbocycles.